The fourth-order valence-corrected chi connectivity index (χ4v) is 3.35. The van der Waals surface area contributed by atoms with Crippen molar-refractivity contribution in [3.8, 4) is 5.75 Å². The summed E-state index contributed by atoms with van der Waals surface area (Å²) in [6.07, 6.45) is 0. The Balaban J connectivity index is 1.57. The summed E-state index contributed by atoms with van der Waals surface area (Å²) in [5.74, 6) is 0.864. The molecule has 0 radical (unpaired) electrons. The van der Waals surface area contributed by atoms with Crippen LogP contribution in [0.25, 0.3) is 21.7 Å². The van der Waals surface area contributed by atoms with Crippen LogP contribution in [0, 0.1) is 0 Å². The Morgan fingerprint density at radius 3 is 2.59 bits per heavy atom. The smallest absolute Gasteiger partial charge is 0.336 e. The predicted molar refractivity (Wildman–Crippen MR) is 108 cm³/mol. The summed E-state index contributed by atoms with van der Waals surface area (Å²) < 4.78 is 11.2. The van der Waals surface area contributed by atoms with Gasteiger partial charge in [0.2, 0.25) is 0 Å². The van der Waals surface area contributed by atoms with Gasteiger partial charge in [-0.05, 0) is 41.6 Å². The number of nitrogens with zero attached hydrogens (tertiary/aromatic N) is 1. The minimum absolute atomic E-state index is 0.318. The van der Waals surface area contributed by atoms with Crippen molar-refractivity contribution in [2.75, 3.05) is 20.2 Å². The maximum Gasteiger partial charge on any atom is 0.336 e. The zero-order valence-corrected chi connectivity index (χ0v) is 15.2. The summed E-state index contributed by atoms with van der Waals surface area (Å²) in [6.45, 7) is 1.98. The first kappa shape index (κ1) is 17.3. The molecule has 3 aromatic carbocycles. The fraction of sp³-hybridized carbons (Fsp3) is 0.174. The Labute approximate surface area is 157 Å². The average Bonchev–Trinajstić information content (AvgIpc) is 2.68. The van der Waals surface area contributed by atoms with E-state index in [9.17, 15) is 4.79 Å². The van der Waals surface area contributed by atoms with E-state index in [1.807, 2.05) is 61.6 Å². The molecule has 0 atom stereocenters. The van der Waals surface area contributed by atoms with Gasteiger partial charge in [0.25, 0.3) is 0 Å². The summed E-state index contributed by atoms with van der Waals surface area (Å²) in [5.41, 5.74) is 1.28. The van der Waals surface area contributed by atoms with E-state index < -0.39 is 0 Å². The lowest BCUT2D eigenvalue weighted by Crippen LogP contribution is -2.24. The first-order valence-electron chi connectivity index (χ1n) is 9.01. The molecule has 0 saturated heterocycles. The number of fused-ring (bicyclic) bond motifs is 3. The Morgan fingerprint density at radius 1 is 0.963 bits per heavy atom. The third-order valence-electron chi connectivity index (χ3n) is 4.64. The third-order valence-corrected chi connectivity index (χ3v) is 4.64. The van der Waals surface area contributed by atoms with Crippen molar-refractivity contribution in [1.82, 2.24) is 4.90 Å². The number of rotatable bonds is 6. The van der Waals surface area contributed by atoms with Crippen LogP contribution in [0.2, 0.25) is 0 Å². The molecule has 0 spiro atoms. The Hall–Kier alpha value is -3.11. The maximum absolute atomic E-state index is 12.0. The number of para-hydroxylation sites is 1. The summed E-state index contributed by atoms with van der Waals surface area (Å²) >= 11 is 0. The van der Waals surface area contributed by atoms with Crippen molar-refractivity contribution in [3.05, 3.63) is 88.8 Å². The molecule has 4 aromatic rings. The number of hydrogen-bond acceptors (Lipinski definition) is 4. The molecule has 0 bridgehead atoms. The van der Waals surface area contributed by atoms with Crippen LogP contribution in [0.4, 0.5) is 0 Å². The van der Waals surface area contributed by atoms with Crippen LogP contribution in [-0.4, -0.2) is 25.1 Å². The zero-order chi connectivity index (χ0) is 18.6. The van der Waals surface area contributed by atoms with Crippen LogP contribution in [0.5, 0.6) is 5.75 Å². The standard InChI is InChI=1S/C23H21NO3/c1-24(13-14-26-19-8-3-2-4-9-19)16-18-15-22(25)27-21-12-11-17-7-5-6-10-20(17)23(18)21/h2-12,15H,13-14,16H2,1H3. The van der Waals surface area contributed by atoms with Crippen LogP contribution < -0.4 is 10.4 Å². The van der Waals surface area contributed by atoms with Crippen molar-refractivity contribution in [1.29, 1.82) is 0 Å². The molecule has 0 fully saturated rings. The molecule has 0 unspecified atom stereocenters. The van der Waals surface area contributed by atoms with Crippen LogP contribution in [0.15, 0.2) is 82.0 Å². The molecular formula is C23H21NO3. The van der Waals surface area contributed by atoms with Gasteiger partial charge >= 0.3 is 5.63 Å². The van der Waals surface area contributed by atoms with E-state index in [1.54, 1.807) is 6.07 Å². The monoisotopic (exact) mass is 359 g/mol. The van der Waals surface area contributed by atoms with Crippen molar-refractivity contribution in [2.45, 2.75) is 6.54 Å². The highest BCUT2D eigenvalue weighted by molar-refractivity contribution is 6.07. The molecule has 0 N–H and O–H groups in total. The van der Waals surface area contributed by atoms with Crippen LogP contribution in [-0.2, 0) is 6.54 Å². The quantitative estimate of drug-likeness (QED) is 0.377. The molecule has 0 aliphatic rings. The second kappa shape index (κ2) is 7.64. The van der Waals surface area contributed by atoms with Crippen LogP contribution >= 0.6 is 0 Å². The third kappa shape index (κ3) is 3.86. The minimum Gasteiger partial charge on any atom is -0.492 e. The Morgan fingerprint density at radius 2 is 1.74 bits per heavy atom. The molecule has 4 heteroatoms. The lowest BCUT2D eigenvalue weighted by atomic mass is 10.0. The van der Waals surface area contributed by atoms with E-state index in [2.05, 4.69) is 17.0 Å². The maximum atomic E-state index is 12.0. The summed E-state index contributed by atoms with van der Waals surface area (Å²) in [4.78, 5) is 14.2. The molecule has 4 rings (SSSR count). The Kier molecular flexibility index (Phi) is 4.90. The first-order chi connectivity index (χ1) is 13.2. The van der Waals surface area contributed by atoms with Crippen molar-refractivity contribution in [2.24, 2.45) is 0 Å². The largest absolute Gasteiger partial charge is 0.492 e. The minimum atomic E-state index is -0.318. The molecule has 0 saturated carbocycles. The van der Waals surface area contributed by atoms with Gasteiger partial charge in [-0.25, -0.2) is 4.79 Å². The van der Waals surface area contributed by atoms with E-state index >= 15 is 0 Å². The van der Waals surface area contributed by atoms with Crippen LogP contribution in [0.3, 0.4) is 0 Å². The molecule has 4 nitrogen and oxygen atoms in total. The summed E-state index contributed by atoms with van der Waals surface area (Å²) in [7, 11) is 2.03. The van der Waals surface area contributed by atoms with Gasteiger partial charge in [0.15, 0.2) is 0 Å². The molecule has 136 valence electrons. The predicted octanol–water partition coefficient (Wildman–Crippen LogP) is 4.46. The van der Waals surface area contributed by atoms with Crippen molar-refractivity contribution >= 4 is 21.7 Å². The molecule has 1 aromatic heterocycles. The second-order valence-corrected chi connectivity index (χ2v) is 6.65. The second-order valence-electron chi connectivity index (χ2n) is 6.65. The first-order valence-corrected chi connectivity index (χ1v) is 9.01. The van der Waals surface area contributed by atoms with E-state index in [4.69, 9.17) is 9.15 Å². The van der Waals surface area contributed by atoms with Crippen molar-refractivity contribution < 1.29 is 9.15 Å². The SMILES string of the molecule is CN(CCOc1ccccc1)Cc1cc(=O)oc2ccc3ccccc3c12. The summed E-state index contributed by atoms with van der Waals surface area (Å²) in [6, 6.07) is 23.4. The average molecular weight is 359 g/mol. The van der Waals surface area contributed by atoms with Gasteiger partial charge in [-0.3, -0.25) is 4.90 Å². The molecule has 0 aliphatic heterocycles. The molecular weight excluding hydrogens is 338 g/mol. The molecule has 0 amide bonds. The van der Waals surface area contributed by atoms with E-state index in [1.165, 1.54) is 0 Å². The molecule has 1 heterocycles. The van der Waals surface area contributed by atoms with Crippen molar-refractivity contribution in [3.63, 3.8) is 0 Å². The van der Waals surface area contributed by atoms with Gasteiger partial charge in [0.05, 0.1) is 0 Å². The number of benzene rings is 3. The lowest BCUT2D eigenvalue weighted by molar-refractivity contribution is 0.233. The zero-order valence-electron chi connectivity index (χ0n) is 15.2. The highest BCUT2D eigenvalue weighted by Crippen LogP contribution is 2.27. The lowest BCUT2D eigenvalue weighted by Gasteiger charge is -2.18. The van der Waals surface area contributed by atoms with Gasteiger partial charge in [0, 0.05) is 24.5 Å². The van der Waals surface area contributed by atoms with Gasteiger partial charge in [-0.2, -0.15) is 0 Å². The van der Waals surface area contributed by atoms with Gasteiger partial charge in [-0.15, -0.1) is 0 Å². The Bertz CT molecular complexity index is 1120. The highest BCUT2D eigenvalue weighted by Gasteiger charge is 2.11. The summed E-state index contributed by atoms with van der Waals surface area (Å²) in [5, 5.41) is 3.24. The molecule has 0 aliphatic carbocycles. The van der Waals surface area contributed by atoms with E-state index in [-0.39, 0.29) is 5.63 Å². The van der Waals surface area contributed by atoms with Crippen LogP contribution in [0.1, 0.15) is 5.56 Å². The molecule has 27 heavy (non-hydrogen) atoms. The number of hydrogen-bond donors (Lipinski definition) is 0. The van der Waals surface area contributed by atoms with Gasteiger partial charge in [-0.1, -0.05) is 48.5 Å². The number of likely N-dealkylation sites (N-methyl/N-ethyl adjacent to an activating group) is 1. The van der Waals surface area contributed by atoms with Gasteiger partial charge < -0.3 is 9.15 Å². The normalized spacial score (nSPS) is 11.3. The van der Waals surface area contributed by atoms with E-state index in [0.717, 1.165) is 34.0 Å². The van der Waals surface area contributed by atoms with Gasteiger partial charge in [0.1, 0.15) is 17.9 Å². The number of ether oxygens (including phenoxy) is 1. The highest BCUT2D eigenvalue weighted by atomic mass is 16.5. The fourth-order valence-electron chi connectivity index (χ4n) is 3.35. The topological polar surface area (TPSA) is 42.7 Å². The van der Waals surface area contributed by atoms with E-state index in [0.29, 0.717) is 18.7 Å².